The normalized spacial score (nSPS) is 22.7. The summed E-state index contributed by atoms with van der Waals surface area (Å²) >= 11 is 0. The molecule has 0 radical (unpaired) electrons. The highest BCUT2D eigenvalue weighted by Gasteiger charge is 2.33. The van der Waals surface area contributed by atoms with E-state index in [0.717, 1.165) is 12.8 Å². The fourth-order valence-corrected chi connectivity index (χ4v) is 3.90. The smallest absolute Gasteiger partial charge is 0.308 e. The fraction of sp³-hybridized carbons (Fsp3) is 0.500. The van der Waals surface area contributed by atoms with Crippen LogP contribution < -0.4 is 9.46 Å². The van der Waals surface area contributed by atoms with Gasteiger partial charge in [-0.1, -0.05) is 12.8 Å². The van der Waals surface area contributed by atoms with Crippen LogP contribution in [-0.2, 0) is 14.8 Å². The molecule has 7 heteroatoms. The lowest BCUT2D eigenvalue weighted by Gasteiger charge is -2.28. The first-order valence-corrected chi connectivity index (χ1v) is 8.31. The Kier molecular flexibility index (Phi) is 4.84. The molecule has 0 heterocycles. The summed E-state index contributed by atoms with van der Waals surface area (Å²) in [7, 11) is -2.22. The Labute approximate surface area is 124 Å². The Bertz CT molecular complexity index is 596. The molecular formula is C14H19NO5S. The maximum Gasteiger partial charge on any atom is 0.308 e. The lowest BCUT2D eigenvalue weighted by Crippen LogP contribution is -2.44. The largest absolute Gasteiger partial charge is 0.497 e. The summed E-state index contributed by atoms with van der Waals surface area (Å²) in [5.74, 6) is -1.04. The predicted octanol–water partition coefficient (Wildman–Crippen LogP) is 1.62. The van der Waals surface area contributed by atoms with Gasteiger partial charge in [-0.15, -0.1) is 0 Å². The van der Waals surface area contributed by atoms with Crippen LogP contribution in [0.2, 0.25) is 0 Å². The van der Waals surface area contributed by atoms with Gasteiger partial charge in [-0.3, -0.25) is 4.79 Å². The zero-order valence-electron chi connectivity index (χ0n) is 11.8. The van der Waals surface area contributed by atoms with E-state index in [1.54, 1.807) is 12.1 Å². The number of carboxylic acids is 1. The van der Waals surface area contributed by atoms with Crippen LogP contribution >= 0.6 is 0 Å². The van der Waals surface area contributed by atoms with Crippen LogP contribution in [0.15, 0.2) is 29.2 Å². The van der Waals surface area contributed by atoms with Gasteiger partial charge in [0, 0.05) is 6.04 Å². The third kappa shape index (κ3) is 3.74. The van der Waals surface area contributed by atoms with Crippen LogP contribution in [0.4, 0.5) is 0 Å². The molecule has 1 fully saturated rings. The Morgan fingerprint density at radius 2 is 1.86 bits per heavy atom. The lowest BCUT2D eigenvalue weighted by molar-refractivity contribution is -0.143. The van der Waals surface area contributed by atoms with Gasteiger partial charge in [0.2, 0.25) is 10.0 Å². The van der Waals surface area contributed by atoms with Crippen molar-refractivity contribution in [1.82, 2.24) is 4.72 Å². The van der Waals surface area contributed by atoms with E-state index < -0.39 is 28.0 Å². The zero-order chi connectivity index (χ0) is 15.5. The summed E-state index contributed by atoms with van der Waals surface area (Å²) in [6, 6.07) is 5.46. The minimum absolute atomic E-state index is 0.109. The maximum atomic E-state index is 12.3. The topological polar surface area (TPSA) is 92.7 Å². The Morgan fingerprint density at radius 3 is 2.43 bits per heavy atom. The molecule has 2 rings (SSSR count). The van der Waals surface area contributed by atoms with E-state index in [4.69, 9.17) is 4.74 Å². The van der Waals surface area contributed by atoms with Crippen LogP contribution in [0.1, 0.15) is 25.7 Å². The number of hydrogen-bond donors (Lipinski definition) is 2. The van der Waals surface area contributed by atoms with Gasteiger partial charge in [0.05, 0.1) is 17.9 Å². The van der Waals surface area contributed by atoms with E-state index >= 15 is 0 Å². The fourth-order valence-electron chi connectivity index (χ4n) is 2.59. The van der Waals surface area contributed by atoms with Crippen LogP contribution in [0.3, 0.4) is 0 Å². The van der Waals surface area contributed by atoms with E-state index in [1.165, 1.54) is 19.2 Å². The first-order chi connectivity index (χ1) is 9.94. The Balaban J connectivity index is 2.17. The number of benzene rings is 1. The van der Waals surface area contributed by atoms with Gasteiger partial charge in [-0.05, 0) is 37.1 Å². The molecule has 1 aromatic rings. The quantitative estimate of drug-likeness (QED) is 0.861. The number of rotatable bonds is 5. The van der Waals surface area contributed by atoms with E-state index in [2.05, 4.69) is 4.72 Å². The lowest BCUT2D eigenvalue weighted by atomic mass is 9.85. The van der Waals surface area contributed by atoms with Gasteiger partial charge in [0.25, 0.3) is 0 Å². The van der Waals surface area contributed by atoms with Crippen molar-refractivity contribution < 1.29 is 23.1 Å². The molecule has 6 nitrogen and oxygen atoms in total. The van der Waals surface area contributed by atoms with E-state index in [-0.39, 0.29) is 4.90 Å². The van der Waals surface area contributed by atoms with Gasteiger partial charge in [-0.2, -0.15) is 0 Å². The van der Waals surface area contributed by atoms with E-state index in [9.17, 15) is 18.3 Å². The molecule has 0 aliphatic heterocycles. The second kappa shape index (κ2) is 6.44. The van der Waals surface area contributed by atoms with Crippen LogP contribution in [0.5, 0.6) is 5.75 Å². The standard InChI is InChI=1S/C14H19NO5S/c1-20-10-6-8-11(9-7-10)21(18,19)15-13-5-3-2-4-12(13)14(16)17/h6-9,12-13,15H,2-5H2,1H3,(H,16,17). The second-order valence-electron chi connectivity index (χ2n) is 5.13. The van der Waals surface area contributed by atoms with Crippen molar-refractivity contribution >= 4 is 16.0 Å². The monoisotopic (exact) mass is 313 g/mol. The average Bonchev–Trinajstić information content (AvgIpc) is 2.47. The third-order valence-corrected chi connectivity index (χ3v) is 5.27. The minimum atomic E-state index is -3.72. The molecule has 21 heavy (non-hydrogen) atoms. The van der Waals surface area contributed by atoms with Gasteiger partial charge < -0.3 is 9.84 Å². The summed E-state index contributed by atoms with van der Waals surface area (Å²) < 4.78 is 32.2. The summed E-state index contributed by atoms with van der Waals surface area (Å²) in [6.45, 7) is 0. The van der Waals surface area contributed by atoms with Crippen molar-refractivity contribution in [1.29, 1.82) is 0 Å². The number of nitrogens with one attached hydrogen (secondary N) is 1. The maximum absolute atomic E-state index is 12.3. The number of carbonyl (C=O) groups is 1. The average molecular weight is 313 g/mol. The minimum Gasteiger partial charge on any atom is -0.497 e. The van der Waals surface area contributed by atoms with Crippen molar-refractivity contribution in [3.05, 3.63) is 24.3 Å². The summed E-state index contributed by atoms with van der Waals surface area (Å²) in [6.07, 6.45) is 2.70. The molecule has 1 aromatic carbocycles. The van der Waals surface area contributed by atoms with Crippen LogP contribution in [0.25, 0.3) is 0 Å². The number of methoxy groups -OCH3 is 1. The molecule has 2 N–H and O–H groups in total. The molecule has 2 unspecified atom stereocenters. The number of sulfonamides is 1. The highest BCUT2D eigenvalue weighted by atomic mass is 32.2. The van der Waals surface area contributed by atoms with Crippen LogP contribution in [0, 0.1) is 5.92 Å². The predicted molar refractivity (Wildman–Crippen MR) is 76.7 cm³/mol. The number of ether oxygens (including phenoxy) is 1. The van der Waals surface area contributed by atoms with Crippen LogP contribution in [-0.4, -0.2) is 32.6 Å². The zero-order valence-corrected chi connectivity index (χ0v) is 12.6. The van der Waals surface area contributed by atoms with Gasteiger partial charge in [0.1, 0.15) is 5.75 Å². The van der Waals surface area contributed by atoms with Crippen molar-refractivity contribution in [2.45, 2.75) is 36.6 Å². The second-order valence-corrected chi connectivity index (χ2v) is 6.85. The Morgan fingerprint density at radius 1 is 1.24 bits per heavy atom. The first kappa shape index (κ1) is 15.8. The molecule has 1 aliphatic carbocycles. The molecule has 1 aliphatic rings. The molecule has 0 spiro atoms. The molecule has 0 amide bonds. The third-order valence-electron chi connectivity index (χ3n) is 3.76. The highest BCUT2D eigenvalue weighted by molar-refractivity contribution is 7.89. The molecule has 0 bridgehead atoms. The summed E-state index contributed by atoms with van der Waals surface area (Å²) in [5, 5.41) is 9.19. The molecule has 2 atom stereocenters. The number of hydrogen-bond acceptors (Lipinski definition) is 4. The molecule has 0 aromatic heterocycles. The van der Waals surface area contributed by atoms with Gasteiger partial charge in [0.15, 0.2) is 0 Å². The first-order valence-electron chi connectivity index (χ1n) is 6.83. The SMILES string of the molecule is COc1ccc(S(=O)(=O)NC2CCCCC2C(=O)O)cc1. The van der Waals surface area contributed by atoms with Crippen molar-refractivity contribution in [2.24, 2.45) is 5.92 Å². The number of carboxylic acid groups (broad SMARTS) is 1. The van der Waals surface area contributed by atoms with Crippen molar-refractivity contribution in [2.75, 3.05) is 7.11 Å². The molecule has 116 valence electrons. The van der Waals surface area contributed by atoms with E-state index in [1.807, 2.05) is 0 Å². The molecular weight excluding hydrogens is 294 g/mol. The summed E-state index contributed by atoms with van der Waals surface area (Å²) in [4.78, 5) is 11.3. The van der Waals surface area contributed by atoms with E-state index in [0.29, 0.717) is 18.6 Å². The van der Waals surface area contributed by atoms with Crippen molar-refractivity contribution in [3.63, 3.8) is 0 Å². The molecule has 1 saturated carbocycles. The highest BCUT2D eigenvalue weighted by Crippen LogP contribution is 2.26. The number of aliphatic carboxylic acids is 1. The van der Waals surface area contributed by atoms with Gasteiger partial charge in [-0.25, -0.2) is 13.1 Å². The molecule has 0 saturated heterocycles. The van der Waals surface area contributed by atoms with Gasteiger partial charge >= 0.3 is 5.97 Å². The van der Waals surface area contributed by atoms with Crippen molar-refractivity contribution in [3.8, 4) is 5.75 Å². The summed E-state index contributed by atoms with van der Waals surface area (Å²) in [5.41, 5.74) is 0. The Hall–Kier alpha value is -1.60.